The van der Waals surface area contributed by atoms with E-state index in [0.29, 0.717) is 0 Å². The summed E-state index contributed by atoms with van der Waals surface area (Å²) in [6.45, 7) is 6.91. The summed E-state index contributed by atoms with van der Waals surface area (Å²) in [5.41, 5.74) is 8.43. The fraction of sp³-hybridized carbons (Fsp3) is 0.571. The maximum atomic E-state index is 5.72. The molecule has 0 spiro atoms. The van der Waals surface area contributed by atoms with Gasteiger partial charge in [-0.05, 0) is 42.1 Å². The molecule has 0 saturated heterocycles. The molecule has 0 amide bonds. The van der Waals surface area contributed by atoms with E-state index in [1.165, 1.54) is 11.3 Å². The molecule has 0 aliphatic carbocycles. The molecule has 1 aliphatic rings. The average molecular weight is 234 g/mol. The molecule has 0 fully saturated rings. The van der Waals surface area contributed by atoms with Crippen LogP contribution in [0, 0.1) is 5.41 Å². The van der Waals surface area contributed by atoms with Gasteiger partial charge in [-0.15, -0.1) is 0 Å². The van der Waals surface area contributed by atoms with Crippen LogP contribution in [0.4, 0.5) is 5.69 Å². The normalized spacial score (nSPS) is 14.3. The third-order valence-corrected chi connectivity index (χ3v) is 3.37. The molecule has 94 valence electrons. The molecule has 0 bridgehead atoms. The molecule has 1 aromatic rings. The SMILES string of the molecule is CC(C)(CN)CCNc1ccc2c(c1)CCO2. The molecule has 17 heavy (non-hydrogen) atoms. The Bertz CT molecular complexity index is 388. The highest BCUT2D eigenvalue weighted by Gasteiger charge is 2.15. The quantitative estimate of drug-likeness (QED) is 0.822. The van der Waals surface area contributed by atoms with E-state index in [1.807, 2.05) is 0 Å². The zero-order valence-corrected chi connectivity index (χ0v) is 10.8. The lowest BCUT2D eigenvalue weighted by molar-refractivity contribution is 0.356. The minimum atomic E-state index is 0.215. The van der Waals surface area contributed by atoms with Gasteiger partial charge in [0.2, 0.25) is 0 Å². The zero-order valence-electron chi connectivity index (χ0n) is 10.8. The smallest absolute Gasteiger partial charge is 0.122 e. The Morgan fingerprint density at radius 1 is 1.41 bits per heavy atom. The summed E-state index contributed by atoms with van der Waals surface area (Å²) in [5.74, 6) is 1.04. The number of nitrogens with two attached hydrogens (primary N) is 1. The Kier molecular flexibility index (Phi) is 3.57. The van der Waals surface area contributed by atoms with Gasteiger partial charge in [0.25, 0.3) is 0 Å². The number of rotatable bonds is 5. The van der Waals surface area contributed by atoms with Crippen LogP contribution in [0.2, 0.25) is 0 Å². The summed E-state index contributed by atoms with van der Waals surface area (Å²) in [6, 6.07) is 6.33. The second-order valence-corrected chi connectivity index (χ2v) is 5.47. The predicted octanol–water partition coefficient (Wildman–Crippen LogP) is 2.41. The van der Waals surface area contributed by atoms with Crippen LogP contribution in [-0.2, 0) is 6.42 Å². The van der Waals surface area contributed by atoms with Crippen molar-refractivity contribution in [2.24, 2.45) is 11.1 Å². The first-order valence-corrected chi connectivity index (χ1v) is 6.30. The van der Waals surface area contributed by atoms with Crippen molar-refractivity contribution < 1.29 is 4.74 Å². The van der Waals surface area contributed by atoms with Crippen LogP contribution in [0.15, 0.2) is 18.2 Å². The molecular weight excluding hydrogens is 212 g/mol. The molecule has 0 radical (unpaired) electrons. The first kappa shape index (κ1) is 12.2. The van der Waals surface area contributed by atoms with E-state index < -0.39 is 0 Å². The van der Waals surface area contributed by atoms with Gasteiger partial charge in [0, 0.05) is 18.7 Å². The van der Waals surface area contributed by atoms with Crippen molar-refractivity contribution in [1.29, 1.82) is 0 Å². The van der Waals surface area contributed by atoms with E-state index in [2.05, 4.69) is 37.4 Å². The maximum absolute atomic E-state index is 5.72. The van der Waals surface area contributed by atoms with Crippen molar-refractivity contribution in [1.82, 2.24) is 0 Å². The molecular formula is C14H22N2O. The lowest BCUT2D eigenvalue weighted by atomic mass is 9.90. The lowest BCUT2D eigenvalue weighted by Gasteiger charge is -2.22. The summed E-state index contributed by atoms with van der Waals surface area (Å²) in [6.07, 6.45) is 2.11. The van der Waals surface area contributed by atoms with Crippen molar-refractivity contribution in [2.45, 2.75) is 26.7 Å². The Morgan fingerprint density at radius 3 is 3.00 bits per heavy atom. The van der Waals surface area contributed by atoms with Gasteiger partial charge >= 0.3 is 0 Å². The minimum Gasteiger partial charge on any atom is -0.493 e. The van der Waals surface area contributed by atoms with E-state index in [1.54, 1.807) is 0 Å². The van der Waals surface area contributed by atoms with Crippen molar-refractivity contribution in [2.75, 3.05) is 25.0 Å². The molecule has 0 saturated carbocycles. The van der Waals surface area contributed by atoms with Crippen molar-refractivity contribution >= 4 is 5.69 Å². The van der Waals surface area contributed by atoms with E-state index in [0.717, 1.165) is 38.3 Å². The fourth-order valence-corrected chi connectivity index (χ4v) is 1.94. The average Bonchev–Trinajstić information content (AvgIpc) is 2.76. The molecule has 1 aromatic carbocycles. The third-order valence-electron chi connectivity index (χ3n) is 3.37. The number of ether oxygens (including phenoxy) is 1. The zero-order chi connectivity index (χ0) is 12.3. The van der Waals surface area contributed by atoms with E-state index in [4.69, 9.17) is 10.5 Å². The standard InChI is InChI=1S/C14H22N2O/c1-14(2,10-15)6-7-16-12-3-4-13-11(9-12)5-8-17-13/h3-4,9,16H,5-8,10,15H2,1-2H3. The molecule has 3 nitrogen and oxygen atoms in total. The Morgan fingerprint density at radius 2 is 2.24 bits per heavy atom. The number of benzene rings is 1. The van der Waals surface area contributed by atoms with Gasteiger partial charge in [-0.3, -0.25) is 0 Å². The topological polar surface area (TPSA) is 47.3 Å². The van der Waals surface area contributed by atoms with Gasteiger partial charge in [0.1, 0.15) is 5.75 Å². The largest absolute Gasteiger partial charge is 0.493 e. The van der Waals surface area contributed by atoms with E-state index in [9.17, 15) is 0 Å². The second-order valence-electron chi connectivity index (χ2n) is 5.47. The third kappa shape index (κ3) is 3.13. The minimum absolute atomic E-state index is 0.215. The summed E-state index contributed by atoms with van der Waals surface area (Å²) in [5, 5.41) is 3.45. The number of hydrogen-bond acceptors (Lipinski definition) is 3. The van der Waals surface area contributed by atoms with Crippen LogP contribution in [-0.4, -0.2) is 19.7 Å². The van der Waals surface area contributed by atoms with Crippen LogP contribution >= 0.6 is 0 Å². The van der Waals surface area contributed by atoms with Crippen molar-refractivity contribution in [3.8, 4) is 5.75 Å². The van der Waals surface area contributed by atoms with Crippen LogP contribution in [0.1, 0.15) is 25.8 Å². The molecule has 1 heterocycles. The summed E-state index contributed by atoms with van der Waals surface area (Å²) in [7, 11) is 0. The van der Waals surface area contributed by atoms with Gasteiger partial charge < -0.3 is 15.8 Å². The number of nitrogens with one attached hydrogen (secondary N) is 1. The Labute approximate surface area is 103 Å². The van der Waals surface area contributed by atoms with Gasteiger partial charge in [0.05, 0.1) is 6.61 Å². The molecule has 0 unspecified atom stereocenters. The molecule has 2 rings (SSSR count). The highest BCUT2D eigenvalue weighted by molar-refractivity contribution is 5.52. The van der Waals surface area contributed by atoms with Gasteiger partial charge in [-0.2, -0.15) is 0 Å². The van der Waals surface area contributed by atoms with Gasteiger partial charge in [0.15, 0.2) is 0 Å². The van der Waals surface area contributed by atoms with Gasteiger partial charge in [-0.1, -0.05) is 13.8 Å². The summed E-state index contributed by atoms with van der Waals surface area (Å²) < 4.78 is 5.49. The van der Waals surface area contributed by atoms with Crippen LogP contribution < -0.4 is 15.8 Å². The van der Waals surface area contributed by atoms with Crippen LogP contribution in [0.3, 0.4) is 0 Å². The molecule has 0 atom stereocenters. The Balaban J connectivity index is 1.88. The Hall–Kier alpha value is -1.22. The second kappa shape index (κ2) is 4.96. The molecule has 3 N–H and O–H groups in total. The fourth-order valence-electron chi connectivity index (χ4n) is 1.94. The molecule has 3 heteroatoms. The van der Waals surface area contributed by atoms with Crippen molar-refractivity contribution in [3.63, 3.8) is 0 Å². The molecule has 0 aromatic heterocycles. The van der Waals surface area contributed by atoms with E-state index >= 15 is 0 Å². The molecule has 1 aliphatic heterocycles. The highest BCUT2D eigenvalue weighted by atomic mass is 16.5. The first-order valence-electron chi connectivity index (χ1n) is 6.30. The number of fused-ring (bicyclic) bond motifs is 1. The van der Waals surface area contributed by atoms with E-state index in [-0.39, 0.29) is 5.41 Å². The lowest BCUT2D eigenvalue weighted by Crippen LogP contribution is -2.26. The first-order chi connectivity index (χ1) is 8.11. The van der Waals surface area contributed by atoms with Gasteiger partial charge in [-0.25, -0.2) is 0 Å². The highest BCUT2D eigenvalue weighted by Crippen LogP contribution is 2.28. The number of hydrogen-bond donors (Lipinski definition) is 2. The monoisotopic (exact) mass is 234 g/mol. The van der Waals surface area contributed by atoms with Crippen LogP contribution in [0.5, 0.6) is 5.75 Å². The number of anilines is 1. The predicted molar refractivity (Wildman–Crippen MR) is 71.6 cm³/mol. The summed E-state index contributed by atoms with van der Waals surface area (Å²) in [4.78, 5) is 0. The van der Waals surface area contributed by atoms with Crippen molar-refractivity contribution in [3.05, 3.63) is 23.8 Å². The summed E-state index contributed by atoms with van der Waals surface area (Å²) >= 11 is 0. The van der Waals surface area contributed by atoms with Crippen LogP contribution in [0.25, 0.3) is 0 Å². The maximum Gasteiger partial charge on any atom is 0.122 e.